The smallest absolute Gasteiger partial charge is 0.123 e. The highest BCUT2D eigenvalue weighted by molar-refractivity contribution is 5.26. The number of hydrogen-bond donors (Lipinski definition) is 1. The molecule has 1 heterocycles. The van der Waals surface area contributed by atoms with Gasteiger partial charge in [0.15, 0.2) is 0 Å². The van der Waals surface area contributed by atoms with Crippen molar-refractivity contribution in [2.75, 3.05) is 32.8 Å². The monoisotopic (exact) mass is 280 g/mol. The number of nitrogens with zero attached hydrogens (tertiary/aromatic N) is 1. The summed E-state index contributed by atoms with van der Waals surface area (Å²) < 4.78 is 19.0. The Bertz CT molecular complexity index is 425. The van der Waals surface area contributed by atoms with Crippen LogP contribution < -0.4 is 5.32 Å². The summed E-state index contributed by atoms with van der Waals surface area (Å²) in [5.74, 6) is -0.153. The molecule has 0 saturated carbocycles. The van der Waals surface area contributed by atoms with Crippen LogP contribution in [0.25, 0.3) is 0 Å². The summed E-state index contributed by atoms with van der Waals surface area (Å²) in [6, 6.07) is 5.41. The number of rotatable bonds is 6. The predicted octanol–water partition coefficient (Wildman–Crippen LogP) is 2.33. The van der Waals surface area contributed by atoms with Crippen LogP contribution in [-0.4, -0.2) is 43.8 Å². The maximum atomic E-state index is 13.4. The highest BCUT2D eigenvalue weighted by Gasteiger charge is 2.23. The Morgan fingerprint density at radius 2 is 2.30 bits per heavy atom. The van der Waals surface area contributed by atoms with Crippen LogP contribution in [0.15, 0.2) is 18.2 Å². The first-order valence-electron chi connectivity index (χ1n) is 7.48. The Labute approximate surface area is 121 Å². The van der Waals surface area contributed by atoms with E-state index in [4.69, 9.17) is 4.74 Å². The van der Waals surface area contributed by atoms with E-state index in [1.165, 1.54) is 6.07 Å². The van der Waals surface area contributed by atoms with Gasteiger partial charge in [-0.05, 0) is 43.1 Å². The summed E-state index contributed by atoms with van der Waals surface area (Å²) in [5.41, 5.74) is 2.23. The second-order valence-corrected chi connectivity index (χ2v) is 5.47. The van der Waals surface area contributed by atoms with E-state index in [9.17, 15) is 4.39 Å². The first kappa shape index (κ1) is 15.4. The van der Waals surface area contributed by atoms with Gasteiger partial charge in [0.2, 0.25) is 0 Å². The van der Waals surface area contributed by atoms with Gasteiger partial charge in [0.1, 0.15) is 5.82 Å². The SMILES string of the molecule is CCCNCC1COCCN1Cc1cc(F)ccc1C. The summed E-state index contributed by atoms with van der Waals surface area (Å²) in [6.07, 6.45) is 1.14. The molecule has 1 aliphatic heterocycles. The van der Waals surface area contributed by atoms with Crippen molar-refractivity contribution in [2.24, 2.45) is 0 Å². The molecule has 0 spiro atoms. The molecule has 2 rings (SSSR count). The van der Waals surface area contributed by atoms with E-state index < -0.39 is 0 Å². The van der Waals surface area contributed by atoms with Crippen molar-refractivity contribution in [3.8, 4) is 0 Å². The Kier molecular flexibility index (Phi) is 5.95. The van der Waals surface area contributed by atoms with Crippen molar-refractivity contribution in [3.63, 3.8) is 0 Å². The molecule has 0 bridgehead atoms. The number of halogens is 1. The number of morpholine rings is 1. The van der Waals surface area contributed by atoms with Gasteiger partial charge in [0.05, 0.1) is 13.2 Å². The lowest BCUT2D eigenvalue weighted by atomic mass is 10.1. The Hall–Kier alpha value is -0.970. The first-order chi connectivity index (χ1) is 9.70. The molecule has 1 aromatic rings. The highest BCUT2D eigenvalue weighted by Crippen LogP contribution is 2.16. The molecule has 1 atom stereocenters. The van der Waals surface area contributed by atoms with Gasteiger partial charge in [-0.1, -0.05) is 13.0 Å². The molecule has 0 aliphatic carbocycles. The van der Waals surface area contributed by atoms with Crippen molar-refractivity contribution in [2.45, 2.75) is 32.9 Å². The van der Waals surface area contributed by atoms with E-state index in [-0.39, 0.29) is 5.82 Å². The third kappa shape index (κ3) is 4.27. The van der Waals surface area contributed by atoms with E-state index >= 15 is 0 Å². The summed E-state index contributed by atoms with van der Waals surface area (Å²) in [6.45, 7) is 9.40. The largest absolute Gasteiger partial charge is 0.378 e. The molecule has 1 aromatic carbocycles. The second kappa shape index (κ2) is 7.72. The lowest BCUT2D eigenvalue weighted by Crippen LogP contribution is -2.50. The number of aryl methyl sites for hydroxylation is 1. The van der Waals surface area contributed by atoms with Crippen LogP contribution in [-0.2, 0) is 11.3 Å². The van der Waals surface area contributed by atoms with Crippen LogP contribution in [0, 0.1) is 12.7 Å². The molecule has 1 unspecified atom stereocenters. The third-order valence-corrected chi connectivity index (χ3v) is 3.84. The Balaban J connectivity index is 1.98. The highest BCUT2D eigenvalue weighted by atomic mass is 19.1. The van der Waals surface area contributed by atoms with Gasteiger partial charge in [-0.25, -0.2) is 4.39 Å². The Morgan fingerprint density at radius 1 is 1.45 bits per heavy atom. The fraction of sp³-hybridized carbons (Fsp3) is 0.625. The molecule has 0 radical (unpaired) electrons. The average Bonchev–Trinajstić information content (AvgIpc) is 2.45. The Morgan fingerprint density at radius 3 is 3.10 bits per heavy atom. The molecular weight excluding hydrogens is 255 g/mol. The summed E-state index contributed by atoms with van der Waals surface area (Å²) >= 11 is 0. The standard InChI is InChI=1S/C16H25FN2O/c1-3-6-18-10-16-12-20-8-7-19(16)11-14-9-15(17)5-4-13(14)2/h4-5,9,16,18H,3,6-8,10-12H2,1-2H3. The lowest BCUT2D eigenvalue weighted by molar-refractivity contribution is -0.0109. The summed E-state index contributed by atoms with van der Waals surface area (Å²) in [4.78, 5) is 2.40. The fourth-order valence-electron chi connectivity index (χ4n) is 2.56. The molecule has 0 aromatic heterocycles. The second-order valence-electron chi connectivity index (χ2n) is 5.47. The molecule has 1 saturated heterocycles. The van der Waals surface area contributed by atoms with E-state index in [1.807, 2.05) is 13.0 Å². The zero-order chi connectivity index (χ0) is 14.4. The topological polar surface area (TPSA) is 24.5 Å². The fourth-order valence-corrected chi connectivity index (χ4v) is 2.56. The summed E-state index contributed by atoms with van der Waals surface area (Å²) in [7, 11) is 0. The number of nitrogens with one attached hydrogen (secondary N) is 1. The van der Waals surface area contributed by atoms with Gasteiger partial charge in [0, 0.05) is 25.7 Å². The molecule has 0 amide bonds. The zero-order valence-corrected chi connectivity index (χ0v) is 12.5. The molecule has 1 fully saturated rings. The number of hydrogen-bond acceptors (Lipinski definition) is 3. The van der Waals surface area contributed by atoms with Crippen LogP contribution in [0.5, 0.6) is 0 Å². The minimum atomic E-state index is -0.153. The maximum Gasteiger partial charge on any atom is 0.123 e. The molecular formula is C16H25FN2O. The minimum Gasteiger partial charge on any atom is -0.378 e. The predicted molar refractivity (Wildman–Crippen MR) is 79.3 cm³/mol. The van der Waals surface area contributed by atoms with Crippen molar-refractivity contribution in [1.82, 2.24) is 10.2 Å². The van der Waals surface area contributed by atoms with Crippen LogP contribution in [0.4, 0.5) is 4.39 Å². The molecule has 1 aliphatic rings. The van der Waals surface area contributed by atoms with Gasteiger partial charge in [-0.3, -0.25) is 4.90 Å². The van der Waals surface area contributed by atoms with E-state index in [0.29, 0.717) is 6.04 Å². The molecule has 20 heavy (non-hydrogen) atoms. The van der Waals surface area contributed by atoms with Gasteiger partial charge in [0.25, 0.3) is 0 Å². The van der Waals surface area contributed by atoms with Crippen LogP contribution >= 0.6 is 0 Å². The van der Waals surface area contributed by atoms with Crippen molar-refractivity contribution >= 4 is 0 Å². The van der Waals surface area contributed by atoms with Crippen molar-refractivity contribution < 1.29 is 9.13 Å². The first-order valence-corrected chi connectivity index (χ1v) is 7.48. The van der Waals surface area contributed by atoms with Crippen LogP contribution in [0.1, 0.15) is 24.5 Å². The normalized spacial score (nSPS) is 20.2. The minimum absolute atomic E-state index is 0.153. The zero-order valence-electron chi connectivity index (χ0n) is 12.5. The van der Waals surface area contributed by atoms with Crippen molar-refractivity contribution in [1.29, 1.82) is 0 Å². The average molecular weight is 280 g/mol. The van der Waals surface area contributed by atoms with Crippen LogP contribution in [0.3, 0.4) is 0 Å². The molecule has 3 nitrogen and oxygen atoms in total. The third-order valence-electron chi connectivity index (χ3n) is 3.84. The van der Waals surface area contributed by atoms with Gasteiger partial charge >= 0.3 is 0 Å². The number of benzene rings is 1. The van der Waals surface area contributed by atoms with E-state index in [1.54, 1.807) is 6.07 Å². The molecule has 4 heteroatoms. The quantitative estimate of drug-likeness (QED) is 0.810. The van der Waals surface area contributed by atoms with Gasteiger partial charge < -0.3 is 10.1 Å². The van der Waals surface area contributed by atoms with Gasteiger partial charge in [-0.2, -0.15) is 0 Å². The number of ether oxygens (including phenoxy) is 1. The molecule has 1 N–H and O–H groups in total. The lowest BCUT2D eigenvalue weighted by Gasteiger charge is -2.36. The van der Waals surface area contributed by atoms with Gasteiger partial charge in [-0.15, -0.1) is 0 Å². The summed E-state index contributed by atoms with van der Waals surface area (Å²) in [5, 5.41) is 3.45. The molecule has 112 valence electrons. The van der Waals surface area contributed by atoms with E-state index in [2.05, 4.69) is 17.1 Å². The van der Waals surface area contributed by atoms with Crippen molar-refractivity contribution in [3.05, 3.63) is 35.1 Å². The van der Waals surface area contributed by atoms with E-state index in [0.717, 1.165) is 56.9 Å². The van der Waals surface area contributed by atoms with Crippen LogP contribution in [0.2, 0.25) is 0 Å². The maximum absolute atomic E-state index is 13.4.